The first kappa shape index (κ1) is 18.6. The second-order valence-electron chi connectivity index (χ2n) is 7.01. The number of sulfone groups is 1. The van der Waals surface area contributed by atoms with Crippen LogP contribution in [0.1, 0.15) is 43.2 Å². The van der Waals surface area contributed by atoms with Gasteiger partial charge < -0.3 is 5.32 Å². The van der Waals surface area contributed by atoms with Crippen molar-refractivity contribution in [1.29, 1.82) is 0 Å². The Labute approximate surface area is 155 Å². The zero-order valence-electron chi connectivity index (χ0n) is 15.1. The van der Waals surface area contributed by atoms with Gasteiger partial charge in [0.1, 0.15) is 0 Å². The van der Waals surface area contributed by atoms with Crippen LogP contribution in [-0.2, 0) is 21.1 Å². The van der Waals surface area contributed by atoms with E-state index >= 15 is 0 Å². The molecular weight excluding hydrogens is 346 g/mol. The minimum Gasteiger partial charge on any atom is -0.326 e. The molecule has 0 spiro atoms. The highest BCUT2D eigenvalue weighted by Gasteiger charge is 2.30. The average molecular weight is 372 g/mol. The maximum atomic E-state index is 12.6. The summed E-state index contributed by atoms with van der Waals surface area (Å²) < 4.78 is 25.1. The van der Waals surface area contributed by atoms with E-state index in [-0.39, 0.29) is 11.2 Å². The molecule has 1 aliphatic carbocycles. The van der Waals surface area contributed by atoms with Crippen LogP contribution in [0, 0.1) is 6.92 Å². The van der Waals surface area contributed by atoms with Gasteiger partial charge in [-0.05, 0) is 56.0 Å². The molecule has 1 fully saturated rings. The molecule has 0 unspecified atom stereocenters. The number of hydrogen-bond acceptors (Lipinski definition) is 3. The van der Waals surface area contributed by atoms with Gasteiger partial charge in [-0.3, -0.25) is 4.79 Å². The Morgan fingerprint density at radius 2 is 1.62 bits per heavy atom. The largest absolute Gasteiger partial charge is 0.326 e. The predicted octanol–water partition coefficient (Wildman–Crippen LogP) is 4.28. The van der Waals surface area contributed by atoms with E-state index in [9.17, 15) is 13.2 Å². The Balaban J connectivity index is 1.56. The molecule has 1 N–H and O–H groups in total. The van der Waals surface area contributed by atoms with Crippen LogP contribution in [-0.4, -0.2) is 19.6 Å². The molecular formula is C21H25NO3S. The van der Waals surface area contributed by atoms with E-state index < -0.39 is 9.84 Å². The normalized spacial score (nSPS) is 15.1. The van der Waals surface area contributed by atoms with Crippen molar-refractivity contribution in [3.05, 3.63) is 59.7 Å². The van der Waals surface area contributed by atoms with Crippen LogP contribution in [0.2, 0.25) is 0 Å². The summed E-state index contributed by atoms with van der Waals surface area (Å²) in [6.45, 7) is 2.03. The van der Waals surface area contributed by atoms with Crippen LogP contribution < -0.4 is 5.32 Å². The molecule has 0 aliphatic heterocycles. The number of amides is 1. The summed E-state index contributed by atoms with van der Waals surface area (Å²) in [6, 6.07) is 14.7. The number of rotatable bonds is 6. The van der Waals surface area contributed by atoms with Gasteiger partial charge in [-0.1, -0.05) is 42.7 Å². The third-order valence-corrected chi connectivity index (χ3v) is 7.25. The maximum absolute atomic E-state index is 12.6. The van der Waals surface area contributed by atoms with Crippen LogP contribution in [0.3, 0.4) is 0 Å². The van der Waals surface area contributed by atoms with E-state index in [0.717, 1.165) is 31.2 Å². The zero-order chi connectivity index (χ0) is 18.6. The van der Waals surface area contributed by atoms with Gasteiger partial charge in [0.05, 0.1) is 10.1 Å². The Morgan fingerprint density at radius 1 is 1.00 bits per heavy atom. The summed E-state index contributed by atoms with van der Waals surface area (Å²) in [7, 11) is -3.25. The van der Waals surface area contributed by atoms with Gasteiger partial charge >= 0.3 is 0 Å². The van der Waals surface area contributed by atoms with Crippen molar-refractivity contribution in [2.24, 2.45) is 0 Å². The minimum absolute atomic E-state index is 0.0722. The second-order valence-corrected chi connectivity index (χ2v) is 9.24. The standard InChI is InChI=1S/C21H25NO3S/c1-16-6-8-17(9-7-16)10-15-21(23)22-18-11-13-20(14-12-18)26(24,25)19-4-2-3-5-19/h6-9,11-14,19H,2-5,10,15H2,1H3,(H,22,23). The highest BCUT2D eigenvalue weighted by molar-refractivity contribution is 7.92. The second kappa shape index (κ2) is 8.04. The Hall–Kier alpha value is -2.14. The molecule has 0 atom stereocenters. The Kier molecular flexibility index (Phi) is 5.77. The highest BCUT2D eigenvalue weighted by Crippen LogP contribution is 2.30. The molecule has 1 aliphatic rings. The lowest BCUT2D eigenvalue weighted by Crippen LogP contribution is -2.18. The third kappa shape index (κ3) is 4.52. The molecule has 2 aromatic rings. The SMILES string of the molecule is Cc1ccc(CCC(=O)Nc2ccc(S(=O)(=O)C3CCCC3)cc2)cc1. The number of anilines is 1. The molecule has 138 valence electrons. The lowest BCUT2D eigenvalue weighted by molar-refractivity contribution is -0.116. The van der Waals surface area contributed by atoms with Crippen molar-refractivity contribution in [2.45, 2.75) is 55.6 Å². The molecule has 4 nitrogen and oxygen atoms in total. The topological polar surface area (TPSA) is 63.2 Å². The van der Waals surface area contributed by atoms with Crippen LogP contribution in [0.15, 0.2) is 53.4 Å². The van der Waals surface area contributed by atoms with Crippen LogP contribution >= 0.6 is 0 Å². The average Bonchev–Trinajstić information content (AvgIpc) is 3.17. The summed E-state index contributed by atoms with van der Waals surface area (Å²) in [5.74, 6) is -0.0722. The van der Waals surface area contributed by atoms with Crippen molar-refractivity contribution in [1.82, 2.24) is 0 Å². The van der Waals surface area contributed by atoms with E-state index in [4.69, 9.17) is 0 Å². The first-order valence-corrected chi connectivity index (χ1v) is 10.7. The first-order chi connectivity index (χ1) is 12.4. The molecule has 0 saturated heterocycles. The number of benzene rings is 2. The van der Waals surface area contributed by atoms with Crippen LogP contribution in [0.25, 0.3) is 0 Å². The zero-order valence-corrected chi connectivity index (χ0v) is 15.9. The van der Waals surface area contributed by atoms with E-state index in [1.54, 1.807) is 24.3 Å². The Morgan fingerprint density at radius 3 is 2.23 bits per heavy atom. The molecule has 26 heavy (non-hydrogen) atoms. The highest BCUT2D eigenvalue weighted by atomic mass is 32.2. The lowest BCUT2D eigenvalue weighted by Gasteiger charge is -2.12. The third-order valence-electron chi connectivity index (χ3n) is 4.97. The summed E-state index contributed by atoms with van der Waals surface area (Å²) >= 11 is 0. The number of carbonyl (C=O) groups excluding carboxylic acids is 1. The Bertz CT molecular complexity index is 849. The van der Waals surface area contributed by atoms with Crippen molar-refractivity contribution < 1.29 is 13.2 Å². The number of carbonyl (C=O) groups is 1. The lowest BCUT2D eigenvalue weighted by atomic mass is 10.1. The van der Waals surface area contributed by atoms with Gasteiger partial charge in [-0.2, -0.15) is 0 Å². The quantitative estimate of drug-likeness (QED) is 0.824. The van der Waals surface area contributed by atoms with E-state index in [2.05, 4.69) is 5.32 Å². The summed E-state index contributed by atoms with van der Waals surface area (Å²) in [4.78, 5) is 12.5. The maximum Gasteiger partial charge on any atom is 0.224 e. The monoisotopic (exact) mass is 371 g/mol. The summed E-state index contributed by atoms with van der Waals surface area (Å²) in [5, 5.41) is 2.59. The minimum atomic E-state index is -3.25. The summed E-state index contributed by atoms with van der Waals surface area (Å²) in [6.07, 6.45) is 4.54. The summed E-state index contributed by atoms with van der Waals surface area (Å²) in [5.41, 5.74) is 2.96. The van der Waals surface area contributed by atoms with Gasteiger partial charge in [-0.25, -0.2) is 8.42 Å². The molecule has 0 radical (unpaired) electrons. The van der Waals surface area contributed by atoms with E-state index in [1.165, 1.54) is 5.56 Å². The molecule has 3 rings (SSSR count). The van der Waals surface area contributed by atoms with Crippen molar-refractivity contribution in [3.63, 3.8) is 0 Å². The molecule has 0 bridgehead atoms. The molecule has 5 heteroatoms. The van der Waals surface area contributed by atoms with Gasteiger partial charge in [0.15, 0.2) is 9.84 Å². The van der Waals surface area contributed by atoms with Crippen LogP contribution in [0.4, 0.5) is 5.69 Å². The van der Waals surface area contributed by atoms with Crippen LogP contribution in [0.5, 0.6) is 0 Å². The fourth-order valence-corrected chi connectivity index (χ4v) is 5.21. The van der Waals surface area contributed by atoms with Crippen molar-refractivity contribution in [2.75, 3.05) is 5.32 Å². The van der Waals surface area contributed by atoms with Gasteiger partial charge in [0, 0.05) is 12.1 Å². The van der Waals surface area contributed by atoms with Crippen molar-refractivity contribution in [3.8, 4) is 0 Å². The molecule has 1 saturated carbocycles. The molecule has 1 amide bonds. The molecule has 0 heterocycles. The smallest absolute Gasteiger partial charge is 0.224 e. The number of hydrogen-bond donors (Lipinski definition) is 1. The fraction of sp³-hybridized carbons (Fsp3) is 0.381. The van der Waals surface area contributed by atoms with E-state index in [1.807, 2.05) is 31.2 Å². The number of aryl methyl sites for hydroxylation is 2. The van der Waals surface area contributed by atoms with Gasteiger partial charge in [0.25, 0.3) is 0 Å². The fourth-order valence-electron chi connectivity index (χ4n) is 3.36. The molecule has 2 aromatic carbocycles. The van der Waals surface area contributed by atoms with Gasteiger partial charge in [0.2, 0.25) is 5.91 Å². The van der Waals surface area contributed by atoms with Gasteiger partial charge in [-0.15, -0.1) is 0 Å². The first-order valence-electron chi connectivity index (χ1n) is 9.14. The number of nitrogens with one attached hydrogen (secondary N) is 1. The molecule has 0 aromatic heterocycles. The van der Waals surface area contributed by atoms with Crippen molar-refractivity contribution >= 4 is 21.4 Å². The van der Waals surface area contributed by atoms with E-state index in [0.29, 0.717) is 23.4 Å². The predicted molar refractivity (Wildman–Crippen MR) is 104 cm³/mol.